The normalized spacial score (nSPS) is 18.7. The second-order valence-corrected chi connectivity index (χ2v) is 5.09. The van der Waals surface area contributed by atoms with Gasteiger partial charge in [-0.2, -0.15) is 0 Å². The molecule has 5 heteroatoms. The fourth-order valence-corrected chi connectivity index (χ4v) is 2.96. The van der Waals surface area contributed by atoms with Crippen LogP contribution in [-0.4, -0.2) is 22.5 Å². The second kappa shape index (κ2) is 5.15. The van der Waals surface area contributed by atoms with Gasteiger partial charge in [0, 0.05) is 18.5 Å². The molecule has 3 heterocycles. The van der Waals surface area contributed by atoms with Crippen LogP contribution in [0.5, 0.6) is 0 Å². The molecule has 1 aliphatic heterocycles. The Balaban J connectivity index is 1.93. The van der Waals surface area contributed by atoms with Crippen molar-refractivity contribution >= 4 is 5.91 Å². The molecule has 1 amide bonds. The molecule has 1 atom stereocenters. The van der Waals surface area contributed by atoms with Crippen molar-refractivity contribution in [1.82, 2.24) is 10.1 Å². The lowest BCUT2D eigenvalue weighted by molar-refractivity contribution is 0.0702. The van der Waals surface area contributed by atoms with Crippen molar-refractivity contribution in [1.29, 1.82) is 0 Å². The number of rotatable bonds is 3. The number of furan rings is 1. The minimum absolute atomic E-state index is 0.0498. The molecule has 1 saturated heterocycles. The Morgan fingerprint density at radius 3 is 3.10 bits per heavy atom. The molecule has 1 unspecified atom stereocenters. The Labute approximate surface area is 117 Å². The first kappa shape index (κ1) is 13.0. The van der Waals surface area contributed by atoms with Crippen molar-refractivity contribution in [2.45, 2.75) is 39.2 Å². The molecule has 0 radical (unpaired) electrons. The van der Waals surface area contributed by atoms with Crippen molar-refractivity contribution in [3.63, 3.8) is 0 Å². The van der Waals surface area contributed by atoms with Crippen molar-refractivity contribution < 1.29 is 13.7 Å². The third-order valence-corrected chi connectivity index (χ3v) is 3.88. The summed E-state index contributed by atoms with van der Waals surface area (Å²) in [6.45, 7) is 4.72. The topological polar surface area (TPSA) is 59.5 Å². The second-order valence-electron chi connectivity index (χ2n) is 5.09. The summed E-state index contributed by atoms with van der Waals surface area (Å²) in [6, 6.07) is 3.49. The van der Waals surface area contributed by atoms with Crippen LogP contribution in [0.15, 0.2) is 27.3 Å². The van der Waals surface area contributed by atoms with Crippen molar-refractivity contribution in [2.75, 3.05) is 6.54 Å². The predicted molar refractivity (Wildman–Crippen MR) is 72.3 cm³/mol. The van der Waals surface area contributed by atoms with Crippen LogP contribution >= 0.6 is 0 Å². The Hall–Kier alpha value is -2.04. The Morgan fingerprint density at radius 1 is 1.55 bits per heavy atom. The van der Waals surface area contributed by atoms with Gasteiger partial charge < -0.3 is 13.8 Å². The van der Waals surface area contributed by atoms with Gasteiger partial charge in [0.2, 0.25) is 0 Å². The number of carbonyl (C=O) groups excluding carboxylic acids is 1. The quantitative estimate of drug-likeness (QED) is 0.862. The first-order valence-electron chi connectivity index (χ1n) is 7.02. The zero-order chi connectivity index (χ0) is 14.1. The van der Waals surface area contributed by atoms with E-state index in [-0.39, 0.29) is 11.9 Å². The summed E-state index contributed by atoms with van der Waals surface area (Å²) >= 11 is 0. The van der Waals surface area contributed by atoms with E-state index in [9.17, 15) is 4.79 Å². The highest BCUT2D eigenvalue weighted by atomic mass is 16.5. The van der Waals surface area contributed by atoms with E-state index < -0.39 is 0 Å². The molecule has 0 spiro atoms. The van der Waals surface area contributed by atoms with Gasteiger partial charge in [-0.15, -0.1) is 0 Å². The van der Waals surface area contributed by atoms with Gasteiger partial charge in [0.25, 0.3) is 5.91 Å². The zero-order valence-corrected chi connectivity index (χ0v) is 11.8. The number of carbonyl (C=O) groups is 1. The van der Waals surface area contributed by atoms with Crippen LogP contribution in [0, 0.1) is 6.92 Å². The van der Waals surface area contributed by atoms with Gasteiger partial charge in [-0.05, 0) is 31.9 Å². The van der Waals surface area contributed by atoms with Crippen LogP contribution < -0.4 is 0 Å². The highest BCUT2D eigenvalue weighted by Crippen LogP contribution is 2.36. The predicted octanol–water partition coefficient (Wildman–Crippen LogP) is 3.12. The molecule has 0 aliphatic carbocycles. The summed E-state index contributed by atoms with van der Waals surface area (Å²) in [7, 11) is 0. The molecule has 20 heavy (non-hydrogen) atoms. The first-order chi connectivity index (χ1) is 9.72. The molecule has 106 valence electrons. The minimum atomic E-state index is -0.0554. The van der Waals surface area contributed by atoms with E-state index in [1.165, 1.54) is 6.26 Å². The van der Waals surface area contributed by atoms with Crippen molar-refractivity contribution in [2.24, 2.45) is 0 Å². The fourth-order valence-electron chi connectivity index (χ4n) is 2.96. The monoisotopic (exact) mass is 274 g/mol. The number of likely N-dealkylation sites (tertiary alicyclic amines) is 1. The molecule has 0 aromatic carbocycles. The van der Waals surface area contributed by atoms with Crippen LogP contribution in [0.3, 0.4) is 0 Å². The molecule has 3 rings (SSSR count). The van der Waals surface area contributed by atoms with Gasteiger partial charge in [0.05, 0.1) is 18.0 Å². The van der Waals surface area contributed by atoms with Gasteiger partial charge in [0.1, 0.15) is 5.76 Å². The highest BCUT2D eigenvalue weighted by molar-refractivity contribution is 5.92. The van der Waals surface area contributed by atoms with Crippen LogP contribution in [-0.2, 0) is 6.42 Å². The van der Waals surface area contributed by atoms with Crippen LogP contribution in [0.25, 0.3) is 0 Å². The Kier molecular flexibility index (Phi) is 3.34. The van der Waals surface area contributed by atoms with E-state index in [4.69, 9.17) is 8.94 Å². The van der Waals surface area contributed by atoms with Crippen LogP contribution in [0.1, 0.15) is 53.4 Å². The number of hydrogen-bond donors (Lipinski definition) is 0. The van der Waals surface area contributed by atoms with Crippen molar-refractivity contribution in [3.05, 3.63) is 41.2 Å². The Morgan fingerprint density at radius 2 is 2.40 bits per heavy atom. The van der Waals surface area contributed by atoms with E-state index in [2.05, 4.69) is 5.16 Å². The summed E-state index contributed by atoms with van der Waals surface area (Å²) in [6.07, 6.45) is 4.25. The number of aryl methyl sites for hydroxylation is 2. The lowest BCUT2D eigenvalue weighted by Crippen LogP contribution is -2.30. The molecular weight excluding hydrogens is 256 g/mol. The SMILES string of the molecule is CCc1onc(C)c1C1CCCN1C(=O)c1ccco1. The smallest absolute Gasteiger partial charge is 0.290 e. The minimum Gasteiger partial charge on any atom is -0.459 e. The summed E-state index contributed by atoms with van der Waals surface area (Å²) in [5, 5.41) is 4.05. The summed E-state index contributed by atoms with van der Waals surface area (Å²) in [4.78, 5) is 14.4. The lowest BCUT2D eigenvalue weighted by Gasteiger charge is -2.24. The van der Waals surface area contributed by atoms with Gasteiger partial charge in [-0.3, -0.25) is 4.79 Å². The first-order valence-corrected chi connectivity index (χ1v) is 7.02. The average Bonchev–Trinajstić information content (AvgIpc) is 3.17. The summed E-state index contributed by atoms with van der Waals surface area (Å²) in [5.41, 5.74) is 1.95. The van der Waals surface area contributed by atoms with E-state index in [0.29, 0.717) is 5.76 Å². The fraction of sp³-hybridized carbons (Fsp3) is 0.467. The maximum Gasteiger partial charge on any atom is 0.290 e. The number of nitrogens with zero attached hydrogens (tertiary/aromatic N) is 2. The standard InChI is InChI=1S/C15H18N2O3/c1-3-12-14(10(2)16-20-12)11-6-4-8-17(11)15(18)13-7-5-9-19-13/h5,7,9,11H,3-4,6,8H2,1-2H3. The van der Waals surface area contributed by atoms with E-state index in [1.807, 2.05) is 18.7 Å². The van der Waals surface area contributed by atoms with Crippen LogP contribution in [0.4, 0.5) is 0 Å². The van der Waals surface area contributed by atoms with E-state index >= 15 is 0 Å². The third-order valence-electron chi connectivity index (χ3n) is 3.88. The van der Waals surface area contributed by atoms with Gasteiger partial charge in [-0.1, -0.05) is 12.1 Å². The molecule has 1 fully saturated rings. The summed E-state index contributed by atoms with van der Waals surface area (Å²) < 4.78 is 10.6. The molecular formula is C15H18N2O3. The molecule has 2 aromatic heterocycles. The number of aromatic nitrogens is 1. The largest absolute Gasteiger partial charge is 0.459 e. The molecule has 2 aromatic rings. The number of hydrogen-bond acceptors (Lipinski definition) is 4. The maximum absolute atomic E-state index is 12.5. The molecule has 0 saturated carbocycles. The van der Waals surface area contributed by atoms with E-state index in [0.717, 1.165) is 42.8 Å². The number of amides is 1. The molecule has 0 bridgehead atoms. The maximum atomic E-state index is 12.5. The molecule has 5 nitrogen and oxygen atoms in total. The molecule has 1 aliphatic rings. The molecule has 0 N–H and O–H groups in total. The average molecular weight is 274 g/mol. The third kappa shape index (κ3) is 2.03. The summed E-state index contributed by atoms with van der Waals surface area (Å²) in [5.74, 6) is 1.22. The Bertz CT molecular complexity index is 601. The van der Waals surface area contributed by atoms with Crippen molar-refractivity contribution in [3.8, 4) is 0 Å². The van der Waals surface area contributed by atoms with Gasteiger partial charge >= 0.3 is 0 Å². The van der Waals surface area contributed by atoms with Crippen LogP contribution in [0.2, 0.25) is 0 Å². The highest BCUT2D eigenvalue weighted by Gasteiger charge is 2.35. The lowest BCUT2D eigenvalue weighted by atomic mass is 10.0. The zero-order valence-electron chi connectivity index (χ0n) is 11.8. The van der Waals surface area contributed by atoms with Gasteiger partial charge in [0.15, 0.2) is 5.76 Å². The van der Waals surface area contributed by atoms with Gasteiger partial charge in [-0.25, -0.2) is 0 Å². The van der Waals surface area contributed by atoms with E-state index in [1.54, 1.807) is 12.1 Å².